The van der Waals surface area contributed by atoms with Crippen LogP contribution in [0.2, 0.25) is 0 Å². The predicted molar refractivity (Wildman–Crippen MR) is 96.6 cm³/mol. The largest absolute Gasteiger partial charge is 0.462 e. The molecule has 0 aliphatic carbocycles. The maximum Gasteiger partial charge on any atom is 0.348 e. The summed E-state index contributed by atoms with van der Waals surface area (Å²) in [5, 5.41) is 13.7. The van der Waals surface area contributed by atoms with Crippen LogP contribution in [0.25, 0.3) is 0 Å². The van der Waals surface area contributed by atoms with Gasteiger partial charge in [-0.15, -0.1) is 16.4 Å². The van der Waals surface area contributed by atoms with Crippen molar-refractivity contribution in [2.45, 2.75) is 20.3 Å². The molecule has 0 saturated carbocycles. The molecule has 0 atom stereocenters. The molecule has 2 rings (SSSR count). The van der Waals surface area contributed by atoms with Gasteiger partial charge in [0, 0.05) is 7.05 Å². The van der Waals surface area contributed by atoms with E-state index in [9.17, 15) is 14.4 Å². The van der Waals surface area contributed by atoms with E-state index in [4.69, 9.17) is 9.47 Å². The van der Waals surface area contributed by atoms with Crippen LogP contribution in [0.3, 0.4) is 0 Å². The lowest BCUT2D eigenvalue weighted by molar-refractivity contribution is -0.115. The molecule has 0 spiro atoms. The zero-order chi connectivity index (χ0) is 20.0. The first-order valence-corrected chi connectivity index (χ1v) is 8.80. The Hall–Kier alpha value is -3.08. The number of aryl methyl sites for hydroxylation is 1. The van der Waals surface area contributed by atoms with Crippen molar-refractivity contribution in [3.05, 3.63) is 34.5 Å². The Morgan fingerprint density at radius 1 is 1.30 bits per heavy atom. The van der Waals surface area contributed by atoms with Crippen LogP contribution < -0.4 is 5.32 Å². The van der Waals surface area contributed by atoms with Crippen LogP contribution in [0, 0.1) is 6.92 Å². The molecule has 0 aromatic carbocycles. The van der Waals surface area contributed by atoms with Crippen molar-refractivity contribution in [3.8, 4) is 0 Å². The summed E-state index contributed by atoms with van der Waals surface area (Å²) in [6, 6.07) is 0. The highest BCUT2D eigenvalue weighted by Crippen LogP contribution is 2.34. The maximum absolute atomic E-state index is 12.3. The van der Waals surface area contributed by atoms with Crippen LogP contribution in [-0.2, 0) is 27.7 Å². The molecular weight excluding hydrogens is 374 g/mol. The summed E-state index contributed by atoms with van der Waals surface area (Å²) in [7, 11) is 1.61. The minimum atomic E-state index is -0.635. The van der Waals surface area contributed by atoms with E-state index >= 15 is 0 Å². The molecule has 27 heavy (non-hydrogen) atoms. The molecule has 0 fully saturated rings. The van der Waals surface area contributed by atoms with E-state index in [1.807, 2.05) is 0 Å². The Morgan fingerprint density at radius 2 is 2.04 bits per heavy atom. The van der Waals surface area contributed by atoms with E-state index in [2.05, 4.69) is 27.4 Å². The number of nitrogens with zero attached hydrogens (tertiary/aromatic N) is 4. The fourth-order valence-electron chi connectivity index (χ4n) is 2.16. The summed E-state index contributed by atoms with van der Waals surface area (Å²) in [6.07, 6.45) is 1.34. The van der Waals surface area contributed by atoms with Gasteiger partial charge in [-0.1, -0.05) is 12.7 Å². The third-order valence-corrected chi connectivity index (χ3v) is 4.61. The summed E-state index contributed by atoms with van der Waals surface area (Å²) in [4.78, 5) is 37.1. The normalized spacial score (nSPS) is 10.3. The molecule has 144 valence electrons. The van der Waals surface area contributed by atoms with Gasteiger partial charge in [0.05, 0.1) is 18.6 Å². The van der Waals surface area contributed by atoms with Crippen LogP contribution in [0.1, 0.15) is 38.3 Å². The van der Waals surface area contributed by atoms with Gasteiger partial charge in [-0.05, 0) is 29.8 Å². The zero-order valence-corrected chi connectivity index (χ0v) is 16.0. The van der Waals surface area contributed by atoms with Crippen molar-refractivity contribution in [1.29, 1.82) is 0 Å². The number of carbonyl (C=O) groups is 3. The van der Waals surface area contributed by atoms with Gasteiger partial charge in [-0.3, -0.25) is 4.79 Å². The number of esters is 2. The predicted octanol–water partition coefficient (Wildman–Crippen LogP) is 1.28. The minimum Gasteiger partial charge on any atom is -0.462 e. The third kappa shape index (κ3) is 4.76. The van der Waals surface area contributed by atoms with E-state index in [0.29, 0.717) is 11.4 Å². The number of hydrogen-bond donors (Lipinski definition) is 1. The maximum atomic E-state index is 12.3. The molecular formula is C16H19N5O5S. The van der Waals surface area contributed by atoms with Crippen LogP contribution >= 0.6 is 11.3 Å². The molecule has 2 aromatic heterocycles. The lowest BCUT2D eigenvalue weighted by atomic mass is 10.1. The summed E-state index contributed by atoms with van der Waals surface area (Å²) >= 11 is 0.944. The summed E-state index contributed by atoms with van der Waals surface area (Å²) in [5.74, 6) is -1.33. The number of rotatable bonds is 8. The lowest BCUT2D eigenvalue weighted by Crippen LogP contribution is -2.18. The van der Waals surface area contributed by atoms with Crippen LogP contribution in [0.5, 0.6) is 0 Å². The Balaban J connectivity index is 2.30. The first kappa shape index (κ1) is 20.2. The van der Waals surface area contributed by atoms with Crippen molar-refractivity contribution in [2.75, 3.05) is 18.5 Å². The standard InChI is InChI=1S/C16H19N5O5S/c1-5-7-26-16(24)13-9(3)12(15(23)25-6-2)14(27-13)17-11(22)8-10-18-19-20-21(10)4/h5H,1,6-8H2,2-4H3,(H,17,22). The Labute approximate surface area is 159 Å². The van der Waals surface area contributed by atoms with Gasteiger partial charge in [-0.25, -0.2) is 14.3 Å². The van der Waals surface area contributed by atoms with Gasteiger partial charge in [0.15, 0.2) is 5.82 Å². The molecule has 2 heterocycles. The van der Waals surface area contributed by atoms with E-state index in [1.165, 1.54) is 10.8 Å². The van der Waals surface area contributed by atoms with Gasteiger partial charge in [0.2, 0.25) is 5.91 Å². The number of thiophene rings is 1. The van der Waals surface area contributed by atoms with Crippen molar-refractivity contribution in [3.63, 3.8) is 0 Å². The van der Waals surface area contributed by atoms with E-state index in [1.54, 1.807) is 20.9 Å². The quantitative estimate of drug-likeness (QED) is 0.525. The fourth-order valence-corrected chi connectivity index (χ4v) is 3.26. The smallest absolute Gasteiger partial charge is 0.348 e. The van der Waals surface area contributed by atoms with Gasteiger partial charge in [0.25, 0.3) is 0 Å². The number of tetrazole rings is 1. The highest BCUT2D eigenvalue weighted by atomic mass is 32.1. The van der Waals surface area contributed by atoms with Gasteiger partial charge in [-0.2, -0.15) is 0 Å². The Bertz CT molecular complexity index is 873. The monoisotopic (exact) mass is 393 g/mol. The molecule has 0 unspecified atom stereocenters. The molecule has 0 saturated heterocycles. The number of carbonyl (C=O) groups excluding carboxylic acids is 3. The lowest BCUT2D eigenvalue weighted by Gasteiger charge is -2.06. The van der Waals surface area contributed by atoms with Crippen LogP contribution in [0.4, 0.5) is 5.00 Å². The number of nitrogens with one attached hydrogen (secondary N) is 1. The van der Waals surface area contributed by atoms with Crippen molar-refractivity contribution in [1.82, 2.24) is 20.2 Å². The van der Waals surface area contributed by atoms with Gasteiger partial charge < -0.3 is 14.8 Å². The average molecular weight is 393 g/mol. The van der Waals surface area contributed by atoms with E-state index in [0.717, 1.165) is 11.3 Å². The summed E-state index contributed by atoms with van der Waals surface area (Å²) < 4.78 is 11.4. The van der Waals surface area contributed by atoms with Crippen LogP contribution in [0.15, 0.2) is 12.7 Å². The Morgan fingerprint density at radius 3 is 2.63 bits per heavy atom. The molecule has 1 amide bonds. The molecule has 0 aliphatic rings. The fraction of sp³-hybridized carbons (Fsp3) is 0.375. The third-order valence-electron chi connectivity index (χ3n) is 3.42. The van der Waals surface area contributed by atoms with E-state index < -0.39 is 17.8 Å². The van der Waals surface area contributed by atoms with Crippen molar-refractivity contribution < 1.29 is 23.9 Å². The Kier molecular flexibility index (Phi) is 6.77. The SMILES string of the molecule is C=CCOC(=O)c1sc(NC(=O)Cc2nnnn2C)c(C(=O)OCC)c1C. The second-order valence-electron chi connectivity index (χ2n) is 5.31. The second-order valence-corrected chi connectivity index (χ2v) is 6.33. The number of anilines is 1. The zero-order valence-electron chi connectivity index (χ0n) is 15.1. The molecule has 0 radical (unpaired) electrons. The topological polar surface area (TPSA) is 125 Å². The molecule has 2 aromatic rings. The first-order chi connectivity index (χ1) is 12.9. The molecule has 11 heteroatoms. The van der Waals surface area contributed by atoms with E-state index in [-0.39, 0.29) is 35.1 Å². The number of amides is 1. The number of hydrogen-bond acceptors (Lipinski definition) is 9. The number of aromatic nitrogens is 4. The van der Waals surface area contributed by atoms with Crippen molar-refractivity contribution in [2.24, 2.45) is 7.05 Å². The van der Waals surface area contributed by atoms with Crippen LogP contribution in [-0.4, -0.2) is 51.3 Å². The summed E-state index contributed by atoms with van der Waals surface area (Å²) in [6.45, 7) is 6.93. The molecule has 0 bridgehead atoms. The molecule has 1 N–H and O–H groups in total. The second kappa shape index (κ2) is 9.03. The van der Waals surface area contributed by atoms with Gasteiger partial charge >= 0.3 is 11.9 Å². The highest BCUT2D eigenvalue weighted by Gasteiger charge is 2.27. The van der Waals surface area contributed by atoms with Gasteiger partial charge in [0.1, 0.15) is 16.5 Å². The molecule has 10 nitrogen and oxygen atoms in total. The number of ether oxygens (including phenoxy) is 2. The average Bonchev–Trinajstić information content (AvgIpc) is 3.16. The van der Waals surface area contributed by atoms with Crippen molar-refractivity contribution >= 4 is 34.2 Å². The first-order valence-electron chi connectivity index (χ1n) is 7.98. The highest BCUT2D eigenvalue weighted by molar-refractivity contribution is 7.18. The minimum absolute atomic E-state index is 0.0335. The molecule has 0 aliphatic heterocycles. The summed E-state index contributed by atoms with van der Waals surface area (Å²) in [5.41, 5.74) is 0.500.